The van der Waals surface area contributed by atoms with E-state index in [0.29, 0.717) is 30.5 Å². The molecule has 2 rings (SSSR count). The number of aliphatic hydroxyl groups excluding tert-OH is 1. The van der Waals surface area contributed by atoms with Gasteiger partial charge in [-0.25, -0.2) is 9.98 Å². The lowest BCUT2D eigenvalue weighted by molar-refractivity contribution is 0.180. The monoisotopic (exact) mass is 392 g/mol. The highest BCUT2D eigenvalue weighted by Crippen LogP contribution is 2.29. The van der Waals surface area contributed by atoms with Crippen molar-refractivity contribution < 1.29 is 14.6 Å². The van der Waals surface area contributed by atoms with Gasteiger partial charge in [0.05, 0.1) is 37.6 Å². The van der Waals surface area contributed by atoms with E-state index in [1.807, 2.05) is 26.8 Å². The zero-order valence-electron chi connectivity index (χ0n) is 16.5. The number of aromatic nitrogens is 1. The van der Waals surface area contributed by atoms with Crippen LogP contribution < -0.4 is 20.1 Å². The van der Waals surface area contributed by atoms with Gasteiger partial charge in [-0.05, 0) is 38.5 Å². The van der Waals surface area contributed by atoms with E-state index in [0.717, 1.165) is 27.7 Å². The number of benzene rings is 1. The average molecular weight is 393 g/mol. The molecule has 148 valence electrons. The van der Waals surface area contributed by atoms with Crippen LogP contribution in [-0.4, -0.2) is 43.4 Å². The molecule has 1 heterocycles. The minimum Gasteiger partial charge on any atom is -0.493 e. The number of aliphatic imine (C=N–C) groups is 1. The number of rotatable bonds is 8. The lowest BCUT2D eigenvalue weighted by Gasteiger charge is -2.17. The number of hydrogen-bond donors (Lipinski definition) is 3. The molecule has 8 heteroatoms. The Morgan fingerprint density at radius 2 is 1.96 bits per heavy atom. The van der Waals surface area contributed by atoms with Crippen LogP contribution in [-0.2, 0) is 6.54 Å². The maximum atomic E-state index is 10.5. The second kappa shape index (κ2) is 10.1. The Bertz CT molecular complexity index is 776. The first kappa shape index (κ1) is 21.0. The van der Waals surface area contributed by atoms with Crippen LogP contribution in [0.3, 0.4) is 0 Å². The third-order valence-corrected chi connectivity index (χ3v) is 5.04. The molecule has 3 N–H and O–H groups in total. The van der Waals surface area contributed by atoms with Crippen molar-refractivity contribution >= 4 is 17.3 Å². The van der Waals surface area contributed by atoms with Crippen molar-refractivity contribution in [2.24, 2.45) is 4.99 Å². The lowest BCUT2D eigenvalue weighted by atomic mass is 10.1. The van der Waals surface area contributed by atoms with Crippen LogP contribution in [0, 0.1) is 13.8 Å². The van der Waals surface area contributed by atoms with Crippen molar-refractivity contribution in [3.63, 3.8) is 0 Å². The Morgan fingerprint density at radius 3 is 2.56 bits per heavy atom. The van der Waals surface area contributed by atoms with Crippen molar-refractivity contribution in [3.8, 4) is 11.5 Å². The highest BCUT2D eigenvalue weighted by molar-refractivity contribution is 7.11. The SMILES string of the molecule is CCNC(=NCc1sc(C)nc1C)NCC(O)c1ccc(OC)c(OC)c1. The molecule has 0 amide bonds. The number of aryl methyl sites for hydroxylation is 2. The molecule has 1 atom stereocenters. The average Bonchev–Trinajstić information content (AvgIpc) is 3.00. The Hall–Kier alpha value is -2.32. The quantitative estimate of drug-likeness (QED) is 0.473. The zero-order valence-corrected chi connectivity index (χ0v) is 17.3. The van der Waals surface area contributed by atoms with Gasteiger partial charge in [-0.1, -0.05) is 6.07 Å². The summed E-state index contributed by atoms with van der Waals surface area (Å²) in [5, 5.41) is 17.9. The number of aliphatic hydroxyl groups is 1. The summed E-state index contributed by atoms with van der Waals surface area (Å²) in [6, 6.07) is 5.38. The van der Waals surface area contributed by atoms with E-state index in [1.54, 1.807) is 37.7 Å². The van der Waals surface area contributed by atoms with E-state index in [4.69, 9.17) is 9.47 Å². The summed E-state index contributed by atoms with van der Waals surface area (Å²) < 4.78 is 10.5. The van der Waals surface area contributed by atoms with Gasteiger partial charge in [-0.2, -0.15) is 0 Å². The predicted molar refractivity (Wildman–Crippen MR) is 109 cm³/mol. The van der Waals surface area contributed by atoms with Gasteiger partial charge in [-0.3, -0.25) is 0 Å². The normalized spacial score (nSPS) is 12.6. The van der Waals surface area contributed by atoms with Gasteiger partial charge in [0.1, 0.15) is 0 Å². The summed E-state index contributed by atoms with van der Waals surface area (Å²) in [4.78, 5) is 10.2. The molecule has 1 aromatic carbocycles. The predicted octanol–water partition coefficient (Wildman–Crippen LogP) is 2.57. The maximum absolute atomic E-state index is 10.5. The Morgan fingerprint density at radius 1 is 1.22 bits per heavy atom. The van der Waals surface area contributed by atoms with Crippen LogP contribution >= 0.6 is 11.3 Å². The molecule has 0 saturated heterocycles. The van der Waals surface area contributed by atoms with Crippen molar-refractivity contribution in [1.82, 2.24) is 15.6 Å². The van der Waals surface area contributed by atoms with Gasteiger partial charge >= 0.3 is 0 Å². The number of nitrogens with zero attached hydrogens (tertiary/aromatic N) is 2. The molecular formula is C19H28N4O3S. The summed E-state index contributed by atoms with van der Waals surface area (Å²) in [6.07, 6.45) is -0.707. The molecule has 0 fully saturated rings. The topological polar surface area (TPSA) is 88.0 Å². The molecule has 0 saturated carbocycles. The molecule has 0 radical (unpaired) electrons. The van der Waals surface area contributed by atoms with Crippen LogP contribution in [0.25, 0.3) is 0 Å². The van der Waals surface area contributed by atoms with Crippen molar-refractivity contribution in [3.05, 3.63) is 39.3 Å². The molecule has 0 spiro atoms. The minimum atomic E-state index is -0.707. The first-order valence-electron chi connectivity index (χ1n) is 8.83. The molecule has 7 nitrogen and oxygen atoms in total. The lowest BCUT2D eigenvalue weighted by Crippen LogP contribution is -2.39. The molecular weight excluding hydrogens is 364 g/mol. The van der Waals surface area contributed by atoms with Crippen LogP contribution in [0.15, 0.2) is 23.2 Å². The van der Waals surface area contributed by atoms with Crippen LogP contribution in [0.1, 0.15) is 34.2 Å². The second-order valence-corrected chi connectivity index (χ2v) is 7.24. The third-order valence-electron chi connectivity index (χ3n) is 3.98. The molecule has 0 bridgehead atoms. The molecule has 0 aliphatic rings. The second-order valence-electron chi connectivity index (χ2n) is 5.95. The zero-order chi connectivity index (χ0) is 19.8. The molecule has 27 heavy (non-hydrogen) atoms. The number of hydrogen-bond acceptors (Lipinski definition) is 6. The van der Waals surface area contributed by atoms with Crippen molar-refractivity contribution in [2.45, 2.75) is 33.4 Å². The van der Waals surface area contributed by atoms with E-state index >= 15 is 0 Å². The summed E-state index contributed by atoms with van der Waals surface area (Å²) in [5.74, 6) is 1.87. The van der Waals surface area contributed by atoms with Crippen molar-refractivity contribution in [2.75, 3.05) is 27.3 Å². The number of thiazole rings is 1. The first-order chi connectivity index (χ1) is 13.0. The van der Waals surface area contributed by atoms with E-state index < -0.39 is 6.10 Å². The van der Waals surface area contributed by atoms with Crippen LogP contribution in [0.5, 0.6) is 11.5 Å². The van der Waals surface area contributed by atoms with Gasteiger partial charge in [0.2, 0.25) is 0 Å². The fraction of sp³-hybridized carbons (Fsp3) is 0.474. The number of ether oxygens (including phenoxy) is 2. The molecule has 0 aliphatic heterocycles. The number of methoxy groups -OCH3 is 2. The Balaban J connectivity index is 2.02. The van der Waals surface area contributed by atoms with Gasteiger partial charge < -0.3 is 25.2 Å². The molecule has 0 aliphatic carbocycles. The van der Waals surface area contributed by atoms with Gasteiger partial charge in [0.15, 0.2) is 17.5 Å². The highest BCUT2D eigenvalue weighted by atomic mass is 32.1. The fourth-order valence-corrected chi connectivity index (χ4v) is 3.45. The standard InChI is InChI=1S/C19H28N4O3S/c1-6-20-19(22-11-18-12(2)23-13(3)27-18)21-10-15(24)14-7-8-16(25-4)17(9-14)26-5/h7-9,15,24H,6,10-11H2,1-5H3,(H2,20,21,22). The third kappa shape index (κ3) is 5.83. The van der Waals surface area contributed by atoms with E-state index in [9.17, 15) is 5.11 Å². The van der Waals surface area contributed by atoms with Gasteiger partial charge in [0.25, 0.3) is 0 Å². The van der Waals surface area contributed by atoms with Crippen LogP contribution in [0.4, 0.5) is 0 Å². The molecule has 1 unspecified atom stereocenters. The smallest absolute Gasteiger partial charge is 0.191 e. The fourth-order valence-electron chi connectivity index (χ4n) is 2.58. The van der Waals surface area contributed by atoms with E-state index in [2.05, 4.69) is 20.6 Å². The van der Waals surface area contributed by atoms with E-state index in [1.165, 1.54) is 0 Å². The number of nitrogens with one attached hydrogen (secondary N) is 2. The minimum absolute atomic E-state index is 0.321. The largest absolute Gasteiger partial charge is 0.493 e. The Kier molecular flexibility index (Phi) is 7.87. The van der Waals surface area contributed by atoms with E-state index in [-0.39, 0.29) is 0 Å². The maximum Gasteiger partial charge on any atom is 0.191 e. The molecule has 2 aromatic rings. The van der Waals surface area contributed by atoms with Gasteiger partial charge in [-0.15, -0.1) is 11.3 Å². The number of guanidine groups is 1. The Labute approximate surface area is 164 Å². The van der Waals surface area contributed by atoms with Crippen molar-refractivity contribution in [1.29, 1.82) is 0 Å². The highest BCUT2D eigenvalue weighted by Gasteiger charge is 2.13. The summed E-state index contributed by atoms with van der Waals surface area (Å²) >= 11 is 1.65. The summed E-state index contributed by atoms with van der Waals surface area (Å²) in [6.45, 7) is 7.60. The van der Waals surface area contributed by atoms with Crippen LogP contribution in [0.2, 0.25) is 0 Å². The first-order valence-corrected chi connectivity index (χ1v) is 9.65. The summed E-state index contributed by atoms with van der Waals surface area (Å²) in [5.41, 5.74) is 1.76. The molecule has 1 aromatic heterocycles. The van der Waals surface area contributed by atoms with Gasteiger partial charge in [0, 0.05) is 18.0 Å². The summed E-state index contributed by atoms with van der Waals surface area (Å²) in [7, 11) is 3.16.